The maximum Gasteiger partial charge on any atom is 0.221 e. The van der Waals surface area contributed by atoms with Crippen LogP contribution in [0.25, 0.3) is 0 Å². The highest BCUT2D eigenvalue weighted by Gasteiger charge is 2.25. The molecule has 1 unspecified atom stereocenters. The number of fused-ring (bicyclic) bond motifs is 1. The third kappa shape index (κ3) is 3.51. The van der Waals surface area contributed by atoms with Gasteiger partial charge in [0.05, 0.1) is 6.54 Å². The topological polar surface area (TPSA) is 89.1 Å². The van der Waals surface area contributed by atoms with Crippen LogP contribution in [0.3, 0.4) is 0 Å². The van der Waals surface area contributed by atoms with Crippen molar-refractivity contribution in [3.63, 3.8) is 0 Å². The van der Waals surface area contributed by atoms with Crippen LogP contribution in [0.15, 0.2) is 6.33 Å². The van der Waals surface area contributed by atoms with E-state index in [1.165, 1.54) is 0 Å². The van der Waals surface area contributed by atoms with Gasteiger partial charge in [-0.15, -0.1) is 10.2 Å². The minimum Gasteiger partial charge on any atom is -0.356 e. The molecule has 0 spiro atoms. The summed E-state index contributed by atoms with van der Waals surface area (Å²) in [7, 11) is 0. The molecule has 1 aliphatic heterocycles. The second-order valence-electron chi connectivity index (χ2n) is 4.85. The average Bonchev–Trinajstić information content (AvgIpc) is 2.89. The molecule has 0 bridgehead atoms. The second kappa shape index (κ2) is 6.63. The van der Waals surface area contributed by atoms with Gasteiger partial charge >= 0.3 is 0 Å². The molecule has 19 heavy (non-hydrogen) atoms. The Balaban J connectivity index is 1.90. The molecule has 1 amide bonds. The molecule has 2 heterocycles. The molecule has 106 valence electrons. The van der Waals surface area contributed by atoms with E-state index in [1.807, 2.05) is 11.5 Å². The highest BCUT2D eigenvalue weighted by atomic mass is 16.1. The molecule has 1 aliphatic rings. The van der Waals surface area contributed by atoms with E-state index in [1.54, 1.807) is 6.33 Å². The van der Waals surface area contributed by atoms with Crippen LogP contribution in [0.4, 0.5) is 0 Å². The molecular weight excluding hydrogens is 244 g/mol. The largest absolute Gasteiger partial charge is 0.356 e. The van der Waals surface area contributed by atoms with Crippen LogP contribution >= 0.6 is 0 Å². The van der Waals surface area contributed by atoms with Crippen LogP contribution in [0.5, 0.6) is 0 Å². The van der Waals surface area contributed by atoms with Gasteiger partial charge in [0.15, 0.2) is 0 Å². The van der Waals surface area contributed by atoms with Crippen molar-refractivity contribution in [1.82, 2.24) is 25.0 Å². The van der Waals surface area contributed by atoms with Crippen molar-refractivity contribution in [1.29, 1.82) is 0 Å². The van der Waals surface area contributed by atoms with Crippen molar-refractivity contribution in [2.75, 3.05) is 19.6 Å². The summed E-state index contributed by atoms with van der Waals surface area (Å²) >= 11 is 0. The van der Waals surface area contributed by atoms with E-state index in [0.29, 0.717) is 19.5 Å². The lowest BCUT2D eigenvalue weighted by Crippen LogP contribution is -2.47. The summed E-state index contributed by atoms with van der Waals surface area (Å²) in [5.41, 5.74) is 5.81. The zero-order valence-corrected chi connectivity index (χ0v) is 11.4. The number of nitrogens with zero attached hydrogens (tertiary/aromatic N) is 4. The summed E-state index contributed by atoms with van der Waals surface area (Å²) in [6, 6.07) is 0.0716. The summed E-state index contributed by atoms with van der Waals surface area (Å²) in [4.78, 5) is 14.0. The minimum absolute atomic E-state index is 0.0716. The van der Waals surface area contributed by atoms with Gasteiger partial charge in [-0.1, -0.05) is 6.92 Å². The smallest absolute Gasteiger partial charge is 0.221 e. The number of carbonyl (C=O) groups is 1. The number of nitrogens with two attached hydrogens (primary N) is 1. The van der Waals surface area contributed by atoms with E-state index in [2.05, 4.69) is 20.4 Å². The Morgan fingerprint density at radius 3 is 3.16 bits per heavy atom. The number of carbonyl (C=O) groups excluding carboxylic acids is 1. The molecule has 0 fully saturated rings. The number of rotatable bonds is 6. The first-order valence-electron chi connectivity index (χ1n) is 6.82. The monoisotopic (exact) mass is 266 g/mol. The Bertz CT molecular complexity index is 418. The molecule has 0 saturated carbocycles. The SMILES string of the molecule is CCCNC(=O)CC(CN)N1CCn2cnnc2C1. The van der Waals surface area contributed by atoms with Gasteiger partial charge in [-0.25, -0.2) is 0 Å². The van der Waals surface area contributed by atoms with Crippen molar-refractivity contribution in [2.45, 2.75) is 38.9 Å². The third-order valence-electron chi connectivity index (χ3n) is 3.45. The van der Waals surface area contributed by atoms with Crippen LogP contribution in [0.2, 0.25) is 0 Å². The molecule has 1 atom stereocenters. The van der Waals surface area contributed by atoms with Gasteiger partial charge in [-0.05, 0) is 6.42 Å². The van der Waals surface area contributed by atoms with E-state index in [0.717, 1.165) is 31.9 Å². The molecule has 1 aromatic rings. The van der Waals surface area contributed by atoms with Crippen molar-refractivity contribution in [3.05, 3.63) is 12.2 Å². The van der Waals surface area contributed by atoms with Crippen LogP contribution in [-0.4, -0.2) is 51.2 Å². The number of hydrogen-bond donors (Lipinski definition) is 2. The molecule has 7 nitrogen and oxygen atoms in total. The Kier molecular flexibility index (Phi) is 4.86. The maximum absolute atomic E-state index is 11.8. The highest BCUT2D eigenvalue weighted by Crippen LogP contribution is 2.13. The number of nitrogens with one attached hydrogen (secondary N) is 1. The van der Waals surface area contributed by atoms with E-state index in [4.69, 9.17) is 5.73 Å². The number of aromatic nitrogens is 3. The van der Waals surface area contributed by atoms with Crippen molar-refractivity contribution in [2.24, 2.45) is 5.73 Å². The van der Waals surface area contributed by atoms with Gasteiger partial charge in [-0.3, -0.25) is 9.69 Å². The lowest BCUT2D eigenvalue weighted by atomic mass is 10.1. The van der Waals surface area contributed by atoms with Crippen molar-refractivity contribution in [3.8, 4) is 0 Å². The van der Waals surface area contributed by atoms with Crippen LogP contribution in [-0.2, 0) is 17.9 Å². The normalized spacial score (nSPS) is 16.9. The van der Waals surface area contributed by atoms with Crippen LogP contribution in [0, 0.1) is 0 Å². The third-order valence-corrected chi connectivity index (χ3v) is 3.45. The molecule has 7 heteroatoms. The van der Waals surface area contributed by atoms with Crippen molar-refractivity contribution >= 4 is 5.91 Å². The summed E-state index contributed by atoms with van der Waals surface area (Å²) in [6.45, 7) is 5.70. The molecule has 0 aliphatic carbocycles. The highest BCUT2D eigenvalue weighted by molar-refractivity contribution is 5.76. The number of amides is 1. The van der Waals surface area contributed by atoms with Gasteiger partial charge in [0, 0.05) is 38.6 Å². The lowest BCUT2D eigenvalue weighted by molar-refractivity contribution is -0.122. The molecule has 0 radical (unpaired) electrons. The molecule has 1 aromatic heterocycles. The first-order chi connectivity index (χ1) is 9.24. The van der Waals surface area contributed by atoms with E-state index in [9.17, 15) is 4.79 Å². The summed E-state index contributed by atoms with van der Waals surface area (Å²) in [5.74, 6) is 1.02. The van der Waals surface area contributed by atoms with E-state index in [-0.39, 0.29) is 11.9 Å². The molecule has 3 N–H and O–H groups in total. The van der Waals surface area contributed by atoms with Crippen molar-refractivity contribution < 1.29 is 4.79 Å². The fourth-order valence-electron chi connectivity index (χ4n) is 2.31. The molecule has 2 rings (SSSR count). The Morgan fingerprint density at radius 2 is 2.42 bits per heavy atom. The maximum atomic E-state index is 11.8. The standard InChI is InChI=1S/C12H22N6O/c1-2-3-14-12(19)6-10(7-13)17-4-5-18-9-15-16-11(18)8-17/h9-10H,2-8,13H2,1H3,(H,14,19). The Hall–Kier alpha value is -1.47. The molecule has 0 saturated heterocycles. The van der Waals surface area contributed by atoms with Gasteiger partial charge in [0.25, 0.3) is 0 Å². The Labute approximate surface area is 113 Å². The Morgan fingerprint density at radius 1 is 1.58 bits per heavy atom. The van der Waals surface area contributed by atoms with E-state index >= 15 is 0 Å². The predicted octanol–water partition coefficient (Wildman–Crippen LogP) is -0.663. The first-order valence-corrected chi connectivity index (χ1v) is 6.82. The predicted molar refractivity (Wildman–Crippen MR) is 71.2 cm³/mol. The van der Waals surface area contributed by atoms with Gasteiger partial charge in [0.2, 0.25) is 5.91 Å². The van der Waals surface area contributed by atoms with Crippen LogP contribution in [0.1, 0.15) is 25.6 Å². The fraction of sp³-hybridized carbons (Fsp3) is 0.750. The molecule has 0 aromatic carbocycles. The second-order valence-corrected chi connectivity index (χ2v) is 4.85. The van der Waals surface area contributed by atoms with Gasteiger partial charge in [-0.2, -0.15) is 0 Å². The molecular formula is C12H22N6O. The van der Waals surface area contributed by atoms with Crippen LogP contribution < -0.4 is 11.1 Å². The zero-order valence-electron chi connectivity index (χ0n) is 11.4. The first kappa shape index (κ1) is 14.0. The summed E-state index contributed by atoms with van der Waals surface area (Å²) in [6.07, 6.45) is 3.15. The zero-order chi connectivity index (χ0) is 13.7. The number of hydrogen-bond acceptors (Lipinski definition) is 5. The quantitative estimate of drug-likeness (QED) is 0.713. The van der Waals surface area contributed by atoms with Gasteiger partial charge < -0.3 is 15.6 Å². The summed E-state index contributed by atoms with van der Waals surface area (Å²) in [5, 5.41) is 10.9. The average molecular weight is 266 g/mol. The van der Waals surface area contributed by atoms with Gasteiger partial charge in [0.1, 0.15) is 12.2 Å². The fourth-order valence-corrected chi connectivity index (χ4v) is 2.31. The van der Waals surface area contributed by atoms with E-state index < -0.39 is 0 Å². The lowest BCUT2D eigenvalue weighted by Gasteiger charge is -2.33. The summed E-state index contributed by atoms with van der Waals surface area (Å²) < 4.78 is 2.04. The minimum atomic E-state index is 0.0716.